The molecule has 1 fully saturated rings. The lowest BCUT2D eigenvalue weighted by Crippen LogP contribution is -2.58. The third-order valence-electron chi connectivity index (χ3n) is 8.49. The summed E-state index contributed by atoms with van der Waals surface area (Å²) in [6.45, 7) is 5.52. The fraction of sp³-hybridized carbons (Fsp3) is 0.412. The number of hydrogen-bond donors (Lipinski definition) is 5. The summed E-state index contributed by atoms with van der Waals surface area (Å²) >= 11 is 4.36. The predicted octanol–water partition coefficient (Wildman–Crippen LogP) is 2.17. The molecule has 1 aliphatic heterocycles. The third-order valence-corrected chi connectivity index (χ3v) is 8.86. The first kappa shape index (κ1) is 34.4. The maximum Gasteiger partial charge on any atom is 0.253 e. The summed E-state index contributed by atoms with van der Waals surface area (Å²) in [5.74, 6) is -2.97. The Hall–Kier alpha value is -4.45. The molecule has 46 heavy (non-hydrogen) atoms. The molecule has 5 atom stereocenters. The molecular weight excluding hydrogens is 604 g/mol. The van der Waals surface area contributed by atoms with Crippen LogP contribution in [0, 0.1) is 5.92 Å². The minimum atomic E-state index is -0.986. The highest BCUT2D eigenvalue weighted by molar-refractivity contribution is 7.80. The van der Waals surface area contributed by atoms with E-state index < -0.39 is 59.6 Å². The number of amides is 5. The number of pyridine rings is 1. The van der Waals surface area contributed by atoms with Crippen molar-refractivity contribution in [3.8, 4) is 0 Å². The molecule has 4 rings (SSSR count). The molecule has 5 amide bonds. The van der Waals surface area contributed by atoms with Gasteiger partial charge in [-0.1, -0.05) is 62.4 Å². The van der Waals surface area contributed by atoms with Crippen molar-refractivity contribution >= 4 is 53.1 Å². The second-order valence-electron chi connectivity index (χ2n) is 11.7. The summed E-state index contributed by atoms with van der Waals surface area (Å²) in [7, 11) is 0. The molecule has 0 saturated carbocycles. The zero-order valence-corrected chi connectivity index (χ0v) is 27.3. The van der Waals surface area contributed by atoms with Crippen LogP contribution in [-0.2, 0) is 32.0 Å². The maximum atomic E-state index is 13.8. The standard InChI is InChI=1S/C34H42N6O5S/c1-4-25-24(18-23-13-8-9-14-26(23)37-25)31(42)39-28(19-46)34(45)40-16-10-15-29(40)33(44)38-27(17-22-11-6-5-7-12-22)32(43)36-21(3)20(2)30(35)41/h5-9,11-14,18,20-21,27-29,46H,4,10,15-17,19H2,1-3H3,(H2,35,41)(H,36,43)(H,38,44)(H,39,42)/t20?,21?,27-,28-,29-/m0/s1. The van der Waals surface area contributed by atoms with Crippen molar-refractivity contribution in [3.63, 3.8) is 0 Å². The molecule has 1 saturated heterocycles. The number of nitrogens with two attached hydrogens (primary N) is 1. The summed E-state index contributed by atoms with van der Waals surface area (Å²) in [5.41, 5.74) is 8.02. The van der Waals surface area contributed by atoms with Gasteiger partial charge in [-0.25, -0.2) is 0 Å². The number of primary amides is 1. The molecule has 244 valence electrons. The minimum absolute atomic E-state index is 0.0207. The van der Waals surface area contributed by atoms with Crippen LogP contribution in [0.3, 0.4) is 0 Å². The molecule has 5 N–H and O–H groups in total. The number of benzene rings is 2. The van der Waals surface area contributed by atoms with Gasteiger partial charge >= 0.3 is 0 Å². The Labute approximate surface area is 274 Å². The van der Waals surface area contributed by atoms with Crippen LogP contribution in [0.4, 0.5) is 0 Å². The highest BCUT2D eigenvalue weighted by Gasteiger charge is 2.39. The molecular formula is C34H42N6O5S. The number of rotatable bonds is 13. The molecule has 2 unspecified atom stereocenters. The first-order chi connectivity index (χ1) is 22.0. The number of nitrogens with one attached hydrogen (secondary N) is 3. The fourth-order valence-electron chi connectivity index (χ4n) is 5.57. The Morgan fingerprint density at radius 3 is 2.35 bits per heavy atom. The van der Waals surface area contributed by atoms with Crippen LogP contribution < -0.4 is 21.7 Å². The Morgan fingerprint density at radius 2 is 1.67 bits per heavy atom. The number of para-hydroxylation sites is 1. The van der Waals surface area contributed by atoms with Crippen LogP contribution in [0.5, 0.6) is 0 Å². The fourth-order valence-corrected chi connectivity index (χ4v) is 5.82. The van der Waals surface area contributed by atoms with Crippen LogP contribution >= 0.6 is 12.6 Å². The Morgan fingerprint density at radius 1 is 0.978 bits per heavy atom. The normalized spacial score (nSPS) is 17.0. The van der Waals surface area contributed by atoms with Gasteiger partial charge < -0.3 is 26.6 Å². The van der Waals surface area contributed by atoms with E-state index in [0.717, 1.165) is 16.5 Å². The summed E-state index contributed by atoms with van der Waals surface area (Å²) in [6, 6.07) is 15.1. The van der Waals surface area contributed by atoms with Crippen molar-refractivity contribution in [1.29, 1.82) is 0 Å². The van der Waals surface area contributed by atoms with E-state index in [1.807, 2.05) is 61.5 Å². The molecule has 12 heteroatoms. The number of aryl methyl sites for hydroxylation is 1. The highest BCUT2D eigenvalue weighted by Crippen LogP contribution is 2.21. The number of thiol groups is 1. The number of hydrogen-bond acceptors (Lipinski definition) is 7. The van der Waals surface area contributed by atoms with Crippen molar-refractivity contribution in [2.75, 3.05) is 12.3 Å². The highest BCUT2D eigenvalue weighted by atomic mass is 32.1. The lowest BCUT2D eigenvalue weighted by molar-refractivity contribution is -0.140. The average molecular weight is 647 g/mol. The molecule has 2 aromatic carbocycles. The monoisotopic (exact) mass is 646 g/mol. The van der Waals surface area contributed by atoms with Gasteiger partial charge in [-0.2, -0.15) is 12.6 Å². The third kappa shape index (κ3) is 8.22. The molecule has 0 bridgehead atoms. The lowest BCUT2D eigenvalue weighted by atomic mass is 10.0. The van der Waals surface area contributed by atoms with Gasteiger partial charge in [-0.05, 0) is 43.9 Å². The van der Waals surface area contributed by atoms with Crippen LogP contribution in [0.2, 0.25) is 0 Å². The zero-order chi connectivity index (χ0) is 33.4. The van der Waals surface area contributed by atoms with Crippen LogP contribution in [0.1, 0.15) is 55.2 Å². The van der Waals surface area contributed by atoms with Crippen molar-refractivity contribution in [3.05, 3.63) is 77.5 Å². The van der Waals surface area contributed by atoms with E-state index in [0.29, 0.717) is 37.1 Å². The van der Waals surface area contributed by atoms with Gasteiger partial charge in [0.25, 0.3) is 5.91 Å². The van der Waals surface area contributed by atoms with Gasteiger partial charge in [0.1, 0.15) is 18.1 Å². The van der Waals surface area contributed by atoms with Crippen molar-refractivity contribution in [2.24, 2.45) is 11.7 Å². The van der Waals surface area contributed by atoms with Crippen LogP contribution in [0.15, 0.2) is 60.7 Å². The first-order valence-electron chi connectivity index (χ1n) is 15.6. The number of carbonyl (C=O) groups is 5. The Balaban J connectivity index is 1.49. The average Bonchev–Trinajstić information content (AvgIpc) is 3.56. The van der Waals surface area contributed by atoms with Gasteiger partial charge in [0.05, 0.1) is 22.7 Å². The summed E-state index contributed by atoms with van der Waals surface area (Å²) in [6.07, 6.45) is 1.70. The lowest BCUT2D eigenvalue weighted by Gasteiger charge is -2.30. The number of likely N-dealkylation sites (tertiary alicyclic amines) is 1. The summed E-state index contributed by atoms with van der Waals surface area (Å²) in [4.78, 5) is 72.0. The number of carbonyl (C=O) groups excluding carboxylic acids is 5. The topological polar surface area (TPSA) is 164 Å². The molecule has 1 aliphatic rings. The molecule has 0 spiro atoms. The van der Waals surface area contributed by atoms with E-state index in [1.165, 1.54) is 4.90 Å². The molecule has 1 aromatic heterocycles. The van der Waals surface area contributed by atoms with E-state index in [-0.39, 0.29) is 12.2 Å². The van der Waals surface area contributed by atoms with E-state index in [2.05, 4.69) is 33.6 Å². The van der Waals surface area contributed by atoms with Crippen LogP contribution in [-0.4, -0.2) is 75.9 Å². The van der Waals surface area contributed by atoms with E-state index in [1.54, 1.807) is 19.9 Å². The van der Waals surface area contributed by atoms with E-state index in [9.17, 15) is 24.0 Å². The summed E-state index contributed by atoms with van der Waals surface area (Å²) in [5, 5.41) is 9.26. The molecule has 0 radical (unpaired) electrons. The molecule has 3 aromatic rings. The predicted molar refractivity (Wildman–Crippen MR) is 179 cm³/mol. The van der Waals surface area contributed by atoms with Gasteiger partial charge in [0, 0.05) is 30.1 Å². The smallest absolute Gasteiger partial charge is 0.253 e. The van der Waals surface area contributed by atoms with Crippen molar-refractivity contribution in [2.45, 2.75) is 70.6 Å². The minimum Gasteiger partial charge on any atom is -0.369 e. The maximum absolute atomic E-state index is 13.8. The number of nitrogens with zero attached hydrogens (tertiary/aromatic N) is 2. The van der Waals surface area contributed by atoms with Crippen molar-refractivity contribution < 1.29 is 24.0 Å². The van der Waals surface area contributed by atoms with Crippen LogP contribution in [0.25, 0.3) is 10.9 Å². The first-order valence-corrected chi connectivity index (χ1v) is 16.2. The van der Waals surface area contributed by atoms with E-state index >= 15 is 0 Å². The zero-order valence-electron chi connectivity index (χ0n) is 26.4. The van der Waals surface area contributed by atoms with Gasteiger partial charge in [0.2, 0.25) is 23.6 Å². The summed E-state index contributed by atoms with van der Waals surface area (Å²) < 4.78 is 0. The van der Waals surface area contributed by atoms with E-state index in [4.69, 9.17) is 5.73 Å². The molecule has 11 nitrogen and oxygen atoms in total. The van der Waals surface area contributed by atoms with Gasteiger partial charge in [-0.15, -0.1) is 0 Å². The van der Waals surface area contributed by atoms with Gasteiger partial charge in [-0.3, -0.25) is 29.0 Å². The largest absolute Gasteiger partial charge is 0.369 e. The Bertz CT molecular complexity index is 1580. The molecule has 0 aliphatic carbocycles. The van der Waals surface area contributed by atoms with Crippen molar-refractivity contribution in [1.82, 2.24) is 25.8 Å². The molecule has 2 heterocycles. The second-order valence-corrected chi connectivity index (χ2v) is 12.0. The SMILES string of the molecule is CCc1nc2ccccc2cc1C(=O)N[C@@H](CS)C(=O)N1CCC[C@H]1C(=O)N[C@@H](Cc1ccccc1)C(=O)NC(C)C(C)C(N)=O. The number of aromatic nitrogens is 1. The Kier molecular flexibility index (Phi) is 11.8. The quantitative estimate of drug-likeness (QED) is 0.179. The number of fused-ring (bicyclic) bond motifs is 1. The van der Waals surface area contributed by atoms with Gasteiger partial charge in [0.15, 0.2) is 0 Å². The second kappa shape index (κ2) is 15.7.